The van der Waals surface area contributed by atoms with Crippen LogP contribution in [-0.4, -0.2) is 42.4 Å². The molecule has 1 saturated heterocycles. The first-order valence-electron chi connectivity index (χ1n) is 8.67. The number of rotatable bonds is 5. The van der Waals surface area contributed by atoms with Gasteiger partial charge in [0.25, 0.3) is 5.89 Å². The highest BCUT2D eigenvalue weighted by atomic mass is 16.5. The van der Waals surface area contributed by atoms with Gasteiger partial charge in [-0.1, -0.05) is 5.16 Å². The van der Waals surface area contributed by atoms with Crippen molar-refractivity contribution in [1.29, 1.82) is 0 Å². The maximum absolute atomic E-state index is 5.60. The van der Waals surface area contributed by atoms with Gasteiger partial charge in [-0.05, 0) is 42.5 Å². The number of aromatic nitrogens is 2. The van der Waals surface area contributed by atoms with Gasteiger partial charge in [-0.2, -0.15) is 4.98 Å². The third-order valence-electron chi connectivity index (χ3n) is 4.85. The first kappa shape index (κ1) is 16.4. The molecule has 1 aromatic heterocycles. The largest absolute Gasteiger partial charge is 0.493 e. The standard InChI is InChI=1S/C18H23N3O4/c1-22-15-8-12-5-6-21(10-13(12)9-16(15)23-2)11-17-19-18(25-20-17)14-4-3-7-24-14/h8-9,14H,3-7,10-11H2,1-2H3. The molecule has 0 saturated carbocycles. The van der Waals surface area contributed by atoms with Crippen molar-refractivity contribution in [3.05, 3.63) is 35.0 Å². The molecule has 2 aliphatic rings. The Morgan fingerprint density at radius 2 is 2.00 bits per heavy atom. The van der Waals surface area contributed by atoms with Crippen LogP contribution in [-0.2, 0) is 24.2 Å². The lowest BCUT2D eigenvalue weighted by molar-refractivity contribution is 0.0835. The fourth-order valence-electron chi connectivity index (χ4n) is 3.51. The van der Waals surface area contributed by atoms with Gasteiger partial charge < -0.3 is 18.7 Å². The van der Waals surface area contributed by atoms with Crippen molar-refractivity contribution in [2.45, 2.75) is 38.5 Å². The van der Waals surface area contributed by atoms with Crippen LogP contribution in [0.5, 0.6) is 11.5 Å². The van der Waals surface area contributed by atoms with E-state index >= 15 is 0 Å². The third-order valence-corrected chi connectivity index (χ3v) is 4.85. The van der Waals surface area contributed by atoms with Crippen LogP contribution in [0.15, 0.2) is 16.7 Å². The molecule has 4 rings (SSSR count). The lowest BCUT2D eigenvalue weighted by Crippen LogP contribution is -2.30. The van der Waals surface area contributed by atoms with E-state index in [4.69, 9.17) is 18.7 Å². The van der Waals surface area contributed by atoms with E-state index in [1.54, 1.807) is 14.2 Å². The first-order valence-corrected chi connectivity index (χ1v) is 8.67. The molecule has 0 amide bonds. The Morgan fingerprint density at radius 1 is 1.20 bits per heavy atom. The molecule has 7 heteroatoms. The molecule has 2 aromatic rings. The van der Waals surface area contributed by atoms with E-state index in [1.807, 2.05) is 0 Å². The third kappa shape index (κ3) is 3.34. The average Bonchev–Trinajstić information content (AvgIpc) is 3.32. The van der Waals surface area contributed by atoms with Crippen LogP contribution in [0.3, 0.4) is 0 Å². The summed E-state index contributed by atoms with van der Waals surface area (Å²) in [6.07, 6.45) is 2.95. The summed E-state index contributed by atoms with van der Waals surface area (Å²) in [5.74, 6) is 2.88. The first-order chi connectivity index (χ1) is 12.3. The molecule has 1 unspecified atom stereocenters. The molecule has 2 aliphatic heterocycles. The minimum Gasteiger partial charge on any atom is -0.493 e. The second-order valence-electron chi connectivity index (χ2n) is 6.49. The summed E-state index contributed by atoms with van der Waals surface area (Å²) in [5, 5.41) is 4.12. The molecule has 1 aromatic carbocycles. The number of hydrogen-bond donors (Lipinski definition) is 0. The van der Waals surface area contributed by atoms with Gasteiger partial charge in [0, 0.05) is 19.7 Å². The minimum absolute atomic E-state index is 0.0277. The average molecular weight is 345 g/mol. The fraction of sp³-hybridized carbons (Fsp3) is 0.556. The van der Waals surface area contributed by atoms with Gasteiger partial charge >= 0.3 is 0 Å². The van der Waals surface area contributed by atoms with Crippen LogP contribution in [0.4, 0.5) is 0 Å². The minimum atomic E-state index is -0.0277. The predicted molar refractivity (Wildman–Crippen MR) is 89.6 cm³/mol. The molecule has 134 valence electrons. The zero-order valence-corrected chi connectivity index (χ0v) is 14.7. The highest BCUT2D eigenvalue weighted by Gasteiger charge is 2.25. The van der Waals surface area contributed by atoms with Crippen molar-refractivity contribution in [3.8, 4) is 11.5 Å². The van der Waals surface area contributed by atoms with Gasteiger partial charge in [-0.15, -0.1) is 0 Å². The Hall–Kier alpha value is -2.12. The molecule has 7 nitrogen and oxygen atoms in total. The molecule has 3 heterocycles. The predicted octanol–water partition coefficient (Wildman–Crippen LogP) is 2.50. The molecule has 1 fully saturated rings. The monoisotopic (exact) mass is 345 g/mol. The molecule has 0 radical (unpaired) electrons. The zero-order chi connectivity index (χ0) is 17.2. The molecular weight excluding hydrogens is 322 g/mol. The summed E-state index contributed by atoms with van der Waals surface area (Å²) in [6.45, 7) is 3.23. The summed E-state index contributed by atoms with van der Waals surface area (Å²) < 4.78 is 21.8. The topological polar surface area (TPSA) is 69.9 Å². The molecular formula is C18H23N3O4. The quantitative estimate of drug-likeness (QED) is 0.824. The van der Waals surface area contributed by atoms with E-state index in [-0.39, 0.29) is 6.10 Å². The van der Waals surface area contributed by atoms with Gasteiger partial charge in [0.2, 0.25) is 0 Å². The summed E-state index contributed by atoms with van der Waals surface area (Å²) in [7, 11) is 3.33. The Labute approximate surface area is 146 Å². The molecule has 0 bridgehead atoms. The lowest BCUT2D eigenvalue weighted by Gasteiger charge is -2.28. The summed E-state index contributed by atoms with van der Waals surface area (Å²) in [4.78, 5) is 6.83. The van der Waals surface area contributed by atoms with E-state index in [1.165, 1.54) is 11.1 Å². The zero-order valence-electron chi connectivity index (χ0n) is 14.7. The van der Waals surface area contributed by atoms with E-state index < -0.39 is 0 Å². The Bertz CT molecular complexity index is 740. The molecule has 1 atom stereocenters. The van der Waals surface area contributed by atoms with Gasteiger partial charge in [-0.3, -0.25) is 4.90 Å². The van der Waals surface area contributed by atoms with Crippen LogP contribution < -0.4 is 9.47 Å². The maximum atomic E-state index is 5.60. The number of benzene rings is 1. The summed E-state index contributed by atoms with van der Waals surface area (Å²) >= 11 is 0. The highest BCUT2D eigenvalue weighted by Crippen LogP contribution is 2.33. The van der Waals surface area contributed by atoms with Gasteiger partial charge in [0.15, 0.2) is 17.3 Å². The smallest absolute Gasteiger partial charge is 0.255 e. The van der Waals surface area contributed by atoms with Crippen molar-refractivity contribution in [2.75, 3.05) is 27.4 Å². The highest BCUT2D eigenvalue weighted by molar-refractivity contribution is 5.48. The molecule has 0 aliphatic carbocycles. The van der Waals surface area contributed by atoms with Crippen LogP contribution >= 0.6 is 0 Å². The number of fused-ring (bicyclic) bond motifs is 1. The lowest BCUT2D eigenvalue weighted by atomic mass is 9.99. The Kier molecular flexibility index (Phi) is 4.59. The molecule has 25 heavy (non-hydrogen) atoms. The van der Waals surface area contributed by atoms with Crippen molar-refractivity contribution >= 4 is 0 Å². The van der Waals surface area contributed by atoms with Gasteiger partial charge in [0.1, 0.15) is 6.10 Å². The number of methoxy groups -OCH3 is 2. The normalized spacial score (nSPS) is 20.5. The molecule has 0 spiro atoms. The second-order valence-corrected chi connectivity index (χ2v) is 6.49. The van der Waals surface area contributed by atoms with Crippen molar-refractivity contribution < 1.29 is 18.7 Å². The van der Waals surface area contributed by atoms with Gasteiger partial charge in [-0.25, -0.2) is 0 Å². The Balaban J connectivity index is 1.45. The van der Waals surface area contributed by atoms with Crippen LogP contribution in [0.2, 0.25) is 0 Å². The van der Waals surface area contributed by atoms with Crippen molar-refractivity contribution in [1.82, 2.24) is 15.0 Å². The number of hydrogen-bond acceptors (Lipinski definition) is 7. The maximum Gasteiger partial charge on any atom is 0.255 e. The number of ether oxygens (including phenoxy) is 3. The molecule has 0 N–H and O–H groups in total. The van der Waals surface area contributed by atoms with E-state index in [2.05, 4.69) is 27.2 Å². The SMILES string of the molecule is COc1cc2c(cc1OC)CN(Cc1noc(C3CCCO3)n1)CC2. The van der Waals surface area contributed by atoms with E-state index in [9.17, 15) is 0 Å². The second kappa shape index (κ2) is 7.01. The van der Waals surface area contributed by atoms with E-state index in [0.29, 0.717) is 12.4 Å². The summed E-state index contributed by atoms with van der Waals surface area (Å²) in [5.41, 5.74) is 2.56. The van der Waals surface area contributed by atoms with Crippen molar-refractivity contribution in [2.24, 2.45) is 0 Å². The number of nitrogens with zero attached hydrogens (tertiary/aromatic N) is 3. The summed E-state index contributed by atoms with van der Waals surface area (Å²) in [6, 6.07) is 4.14. The van der Waals surface area contributed by atoms with Crippen LogP contribution in [0.1, 0.15) is 41.8 Å². The van der Waals surface area contributed by atoms with E-state index in [0.717, 1.165) is 56.3 Å². The van der Waals surface area contributed by atoms with Crippen LogP contribution in [0, 0.1) is 0 Å². The van der Waals surface area contributed by atoms with Crippen molar-refractivity contribution in [3.63, 3.8) is 0 Å². The Morgan fingerprint density at radius 3 is 2.72 bits per heavy atom. The van der Waals surface area contributed by atoms with Crippen LogP contribution in [0.25, 0.3) is 0 Å². The van der Waals surface area contributed by atoms with Gasteiger partial charge in [0.05, 0.1) is 20.8 Å². The fourth-order valence-corrected chi connectivity index (χ4v) is 3.51.